The molecule has 0 N–H and O–H groups in total. The van der Waals surface area contributed by atoms with Gasteiger partial charge in [-0.1, -0.05) is 0 Å². The summed E-state index contributed by atoms with van der Waals surface area (Å²) < 4.78 is 48.3. The molecule has 0 fully saturated rings. The first-order valence-electron chi connectivity index (χ1n) is 5.99. The maximum Gasteiger partial charge on any atom is 0.405 e. The van der Waals surface area contributed by atoms with E-state index in [1.807, 2.05) is 0 Å². The largest absolute Gasteiger partial charge is 0.490 e. The Morgan fingerprint density at radius 2 is 1.95 bits per heavy atom. The molecule has 0 saturated carbocycles. The van der Waals surface area contributed by atoms with Crippen molar-refractivity contribution in [1.82, 2.24) is 0 Å². The lowest BCUT2D eigenvalue weighted by molar-refractivity contribution is -0.152. The summed E-state index contributed by atoms with van der Waals surface area (Å²) in [5.41, 5.74) is 0. The van der Waals surface area contributed by atoms with Crippen LogP contribution in [-0.2, 0) is 0 Å². The molecule has 0 aliphatic carbocycles. The zero-order valence-electron chi connectivity index (χ0n) is 10.4. The molecular formula is C13H12F3NO2S. The normalized spacial score (nSPS) is 16.1. The number of fused-ring (bicyclic) bond motifs is 1. The molecule has 1 aliphatic heterocycles. The van der Waals surface area contributed by atoms with Crippen molar-refractivity contribution in [1.29, 1.82) is 5.26 Å². The third kappa shape index (κ3) is 3.73. The molecule has 0 bridgehead atoms. The van der Waals surface area contributed by atoms with Gasteiger partial charge in [0.2, 0.25) is 0 Å². The van der Waals surface area contributed by atoms with Gasteiger partial charge in [0.15, 0.2) is 17.4 Å². The Labute approximate surface area is 118 Å². The first-order valence-corrected chi connectivity index (χ1v) is 6.98. The SMILES string of the molecule is N#CC(CSc1ccc2c(c1)OCCCO2)C(F)(F)F. The van der Waals surface area contributed by atoms with Gasteiger partial charge < -0.3 is 9.47 Å². The maximum atomic E-state index is 12.5. The van der Waals surface area contributed by atoms with Crippen LogP contribution in [0.4, 0.5) is 13.2 Å². The summed E-state index contributed by atoms with van der Waals surface area (Å²) >= 11 is 0.982. The Balaban J connectivity index is 2.04. The fraction of sp³-hybridized carbons (Fsp3) is 0.462. The Hall–Kier alpha value is -1.55. The molecule has 0 spiro atoms. The van der Waals surface area contributed by atoms with Gasteiger partial charge in [-0.25, -0.2) is 0 Å². The van der Waals surface area contributed by atoms with Crippen molar-refractivity contribution in [2.45, 2.75) is 17.5 Å². The second-order valence-electron chi connectivity index (χ2n) is 4.19. The molecule has 0 amide bonds. The lowest BCUT2D eigenvalue weighted by Gasteiger charge is -2.13. The van der Waals surface area contributed by atoms with Crippen LogP contribution in [0.3, 0.4) is 0 Å². The number of ether oxygens (including phenoxy) is 2. The maximum absolute atomic E-state index is 12.5. The lowest BCUT2D eigenvalue weighted by Crippen LogP contribution is -2.23. The summed E-state index contributed by atoms with van der Waals surface area (Å²) in [6, 6.07) is 6.28. The first-order chi connectivity index (χ1) is 9.50. The third-order valence-electron chi connectivity index (χ3n) is 2.69. The number of halogens is 3. The van der Waals surface area contributed by atoms with Gasteiger partial charge in [0, 0.05) is 17.1 Å². The minimum atomic E-state index is -4.49. The second kappa shape index (κ2) is 6.27. The Bertz CT molecular complexity index is 513. The van der Waals surface area contributed by atoms with Crippen LogP contribution in [0.15, 0.2) is 23.1 Å². The van der Waals surface area contributed by atoms with Crippen molar-refractivity contribution in [2.75, 3.05) is 19.0 Å². The van der Waals surface area contributed by atoms with Crippen molar-refractivity contribution >= 4 is 11.8 Å². The van der Waals surface area contributed by atoms with Crippen LogP contribution in [0.5, 0.6) is 11.5 Å². The van der Waals surface area contributed by atoms with Crippen molar-refractivity contribution in [3.05, 3.63) is 18.2 Å². The van der Waals surface area contributed by atoms with E-state index in [1.165, 1.54) is 6.07 Å². The van der Waals surface area contributed by atoms with E-state index in [0.29, 0.717) is 29.6 Å². The minimum Gasteiger partial charge on any atom is -0.490 e. The monoisotopic (exact) mass is 303 g/mol. The summed E-state index contributed by atoms with van der Waals surface area (Å²) in [5, 5.41) is 8.54. The van der Waals surface area contributed by atoms with Gasteiger partial charge in [-0.15, -0.1) is 11.8 Å². The second-order valence-corrected chi connectivity index (χ2v) is 5.29. The molecule has 7 heteroatoms. The van der Waals surface area contributed by atoms with E-state index in [4.69, 9.17) is 14.7 Å². The van der Waals surface area contributed by atoms with Crippen LogP contribution < -0.4 is 9.47 Å². The fourth-order valence-corrected chi connectivity index (χ4v) is 2.60. The quantitative estimate of drug-likeness (QED) is 0.800. The summed E-state index contributed by atoms with van der Waals surface area (Å²) in [5.74, 6) is -1.17. The number of rotatable bonds is 3. The summed E-state index contributed by atoms with van der Waals surface area (Å²) in [7, 11) is 0. The van der Waals surface area contributed by atoms with E-state index in [-0.39, 0.29) is 5.75 Å². The topological polar surface area (TPSA) is 42.2 Å². The first kappa shape index (κ1) is 14.9. The summed E-state index contributed by atoms with van der Waals surface area (Å²) in [6.45, 7) is 1.08. The molecule has 1 atom stereocenters. The van der Waals surface area contributed by atoms with Crippen molar-refractivity contribution in [3.8, 4) is 17.6 Å². The van der Waals surface area contributed by atoms with E-state index in [9.17, 15) is 13.2 Å². The van der Waals surface area contributed by atoms with Crippen LogP contribution >= 0.6 is 11.8 Å². The van der Waals surface area contributed by atoms with Gasteiger partial charge in [-0.05, 0) is 18.2 Å². The molecule has 0 saturated heterocycles. The number of hydrogen-bond donors (Lipinski definition) is 0. The molecule has 0 radical (unpaired) electrons. The van der Waals surface area contributed by atoms with E-state index in [1.54, 1.807) is 18.2 Å². The molecular weight excluding hydrogens is 291 g/mol. The molecule has 3 nitrogen and oxygen atoms in total. The van der Waals surface area contributed by atoms with Crippen LogP contribution in [0.25, 0.3) is 0 Å². The standard InChI is InChI=1S/C13H12F3NO2S/c14-13(15,16)9(7-17)8-20-10-2-3-11-12(6-10)19-5-1-4-18-11/h2-3,6,9H,1,4-5,8H2. The Kier molecular flexibility index (Phi) is 4.65. The predicted octanol–water partition coefficient (Wildman–Crippen LogP) is 3.64. The molecule has 1 aliphatic rings. The highest BCUT2D eigenvalue weighted by Crippen LogP contribution is 2.36. The number of thioether (sulfide) groups is 1. The smallest absolute Gasteiger partial charge is 0.405 e. The third-order valence-corrected chi connectivity index (χ3v) is 3.77. The minimum absolute atomic E-state index is 0.334. The number of hydrogen-bond acceptors (Lipinski definition) is 4. The molecule has 0 aromatic heterocycles. The molecule has 108 valence electrons. The summed E-state index contributed by atoms with van der Waals surface area (Å²) in [4.78, 5) is 0.624. The van der Waals surface area contributed by atoms with Gasteiger partial charge >= 0.3 is 6.18 Å². The summed E-state index contributed by atoms with van der Waals surface area (Å²) in [6.07, 6.45) is -3.73. The molecule has 1 aromatic rings. The van der Waals surface area contributed by atoms with E-state index < -0.39 is 12.1 Å². The highest BCUT2D eigenvalue weighted by molar-refractivity contribution is 7.99. The van der Waals surface area contributed by atoms with Crippen LogP contribution in [0.2, 0.25) is 0 Å². The van der Waals surface area contributed by atoms with Gasteiger partial charge in [0.25, 0.3) is 0 Å². The Morgan fingerprint density at radius 3 is 2.60 bits per heavy atom. The van der Waals surface area contributed by atoms with Crippen molar-refractivity contribution in [2.24, 2.45) is 5.92 Å². The molecule has 1 heterocycles. The molecule has 20 heavy (non-hydrogen) atoms. The van der Waals surface area contributed by atoms with Gasteiger partial charge in [0.1, 0.15) is 0 Å². The lowest BCUT2D eigenvalue weighted by atomic mass is 10.2. The fourth-order valence-electron chi connectivity index (χ4n) is 1.62. The van der Waals surface area contributed by atoms with Gasteiger partial charge in [-0.2, -0.15) is 18.4 Å². The number of alkyl halides is 3. The van der Waals surface area contributed by atoms with Crippen molar-refractivity contribution in [3.63, 3.8) is 0 Å². The van der Waals surface area contributed by atoms with Crippen LogP contribution in [0, 0.1) is 17.2 Å². The zero-order chi connectivity index (χ0) is 14.6. The van der Waals surface area contributed by atoms with Gasteiger partial charge in [-0.3, -0.25) is 0 Å². The van der Waals surface area contributed by atoms with Gasteiger partial charge in [0.05, 0.1) is 19.3 Å². The zero-order valence-corrected chi connectivity index (χ0v) is 11.3. The number of nitrogens with zero attached hydrogens (tertiary/aromatic N) is 1. The van der Waals surface area contributed by atoms with E-state index in [0.717, 1.165) is 18.2 Å². The van der Waals surface area contributed by atoms with Crippen LogP contribution in [0.1, 0.15) is 6.42 Å². The molecule has 2 rings (SSSR count). The van der Waals surface area contributed by atoms with Crippen molar-refractivity contribution < 1.29 is 22.6 Å². The predicted molar refractivity (Wildman–Crippen MR) is 67.9 cm³/mol. The molecule has 1 unspecified atom stereocenters. The number of benzene rings is 1. The highest BCUT2D eigenvalue weighted by Gasteiger charge is 2.39. The number of nitriles is 1. The van der Waals surface area contributed by atoms with Crippen LogP contribution in [-0.4, -0.2) is 25.1 Å². The Morgan fingerprint density at radius 1 is 1.25 bits per heavy atom. The highest BCUT2D eigenvalue weighted by atomic mass is 32.2. The van der Waals surface area contributed by atoms with E-state index >= 15 is 0 Å². The molecule has 1 aromatic carbocycles. The van der Waals surface area contributed by atoms with E-state index in [2.05, 4.69) is 0 Å². The average Bonchev–Trinajstić information content (AvgIpc) is 2.62. The average molecular weight is 303 g/mol.